The lowest BCUT2D eigenvalue weighted by Gasteiger charge is -2.31. The highest BCUT2D eigenvalue weighted by atomic mass is 31.2. The van der Waals surface area contributed by atoms with Gasteiger partial charge < -0.3 is 25.6 Å². The minimum absolute atomic E-state index is 0.00513. The molecule has 1 aromatic carbocycles. The maximum absolute atomic E-state index is 13.6. The van der Waals surface area contributed by atoms with Gasteiger partial charge in [-0.3, -0.25) is 29.1 Å². The van der Waals surface area contributed by atoms with Gasteiger partial charge in [0, 0.05) is 6.42 Å². The SMILES string of the molecule is CC[C@H](C)[C@H](NC(=O)OCc1ccccc1)C(=O)N[C@H](C(=O)NC(CC(C)C)P(=O)(O)CC(=O)NC(=O)CC(C)C)[C@@H](C)CC. The average molecular weight is 653 g/mol. The fraction of sp³-hybridized carbons (Fsp3) is 0.656. The summed E-state index contributed by atoms with van der Waals surface area (Å²) in [6.45, 7) is 14.5. The summed E-state index contributed by atoms with van der Waals surface area (Å²) < 4.78 is 18.7. The van der Waals surface area contributed by atoms with Gasteiger partial charge in [-0.15, -0.1) is 0 Å². The van der Waals surface area contributed by atoms with Crippen LogP contribution in [0.3, 0.4) is 0 Å². The Kier molecular flexibility index (Phi) is 17.1. The molecule has 0 aliphatic rings. The third kappa shape index (κ3) is 14.6. The van der Waals surface area contributed by atoms with E-state index in [-0.39, 0.29) is 43.1 Å². The van der Waals surface area contributed by atoms with Gasteiger partial charge in [-0.2, -0.15) is 0 Å². The molecule has 0 heterocycles. The highest BCUT2D eigenvalue weighted by Gasteiger charge is 2.39. The number of hydrogen-bond acceptors (Lipinski definition) is 7. The second-order valence-electron chi connectivity index (χ2n) is 12.6. The monoisotopic (exact) mass is 652 g/mol. The molecule has 0 bridgehead atoms. The number of rotatable bonds is 18. The Morgan fingerprint density at radius 2 is 1.31 bits per heavy atom. The molecule has 12 nitrogen and oxygen atoms in total. The minimum atomic E-state index is -4.34. The number of nitrogens with one attached hydrogen (secondary N) is 4. The van der Waals surface area contributed by atoms with Crippen LogP contribution < -0.4 is 21.3 Å². The summed E-state index contributed by atoms with van der Waals surface area (Å²) in [5.41, 5.74) is 0.780. The van der Waals surface area contributed by atoms with Crippen molar-refractivity contribution in [2.75, 3.05) is 6.16 Å². The second kappa shape index (κ2) is 19.3. The first-order chi connectivity index (χ1) is 21.0. The summed E-state index contributed by atoms with van der Waals surface area (Å²) >= 11 is 0. The zero-order valence-electron chi connectivity index (χ0n) is 27.9. The van der Waals surface area contributed by atoms with Gasteiger partial charge in [-0.25, -0.2) is 4.79 Å². The van der Waals surface area contributed by atoms with Crippen LogP contribution in [0.2, 0.25) is 0 Å². The first-order valence-corrected chi connectivity index (χ1v) is 17.6. The zero-order chi connectivity index (χ0) is 34.3. The Balaban J connectivity index is 3.10. The van der Waals surface area contributed by atoms with Gasteiger partial charge in [0.05, 0.1) is 0 Å². The summed E-state index contributed by atoms with van der Waals surface area (Å²) in [5.74, 6) is -4.86. The quantitative estimate of drug-likeness (QED) is 0.146. The highest BCUT2D eigenvalue weighted by molar-refractivity contribution is 7.59. The van der Waals surface area contributed by atoms with Crippen molar-refractivity contribution in [3.63, 3.8) is 0 Å². The molecule has 0 fully saturated rings. The van der Waals surface area contributed by atoms with Crippen molar-refractivity contribution in [2.24, 2.45) is 23.7 Å². The number of amides is 5. The van der Waals surface area contributed by atoms with Gasteiger partial charge >= 0.3 is 6.09 Å². The van der Waals surface area contributed by atoms with E-state index < -0.39 is 61.1 Å². The van der Waals surface area contributed by atoms with Gasteiger partial charge in [-0.05, 0) is 35.7 Å². The Morgan fingerprint density at radius 3 is 1.82 bits per heavy atom. The average Bonchev–Trinajstić information content (AvgIpc) is 2.95. The third-order valence-electron chi connectivity index (χ3n) is 7.51. The van der Waals surface area contributed by atoms with E-state index in [4.69, 9.17) is 4.74 Å². The highest BCUT2D eigenvalue weighted by Crippen LogP contribution is 2.47. The standard InChI is InChI=1S/C32H53N4O8P/c1-9-22(7)28(35-31(40)29(23(8)10-2)36-32(41)44-18-24-14-12-11-13-15-24)30(39)34-27(17-21(5)6)45(42,43)19-26(38)33-25(37)16-20(3)4/h11-15,20-23,27-29H,9-10,16-19H2,1-8H3,(H,34,39)(H,35,40)(H,36,41)(H,42,43)(H,33,37,38)/t22-,23-,27?,28-,29-/m0/s1. The molecular weight excluding hydrogens is 599 g/mol. The molecule has 0 spiro atoms. The van der Waals surface area contributed by atoms with E-state index >= 15 is 0 Å². The molecule has 0 aromatic heterocycles. The van der Waals surface area contributed by atoms with E-state index in [1.54, 1.807) is 53.7 Å². The number of ether oxygens (including phenoxy) is 1. The molecule has 1 rings (SSSR count). The van der Waals surface area contributed by atoms with Crippen LogP contribution >= 0.6 is 7.37 Å². The summed E-state index contributed by atoms with van der Waals surface area (Å²) in [5, 5.41) is 10.1. The van der Waals surface area contributed by atoms with Crippen LogP contribution in [0, 0.1) is 23.7 Å². The Morgan fingerprint density at radius 1 is 0.778 bits per heavy atom. The topological polar surface area (TPSA) is 180 Å². The maximum Gasteiger partial charge on any atom is 0.408 e. The van der Waals surface area contributed by atoms with E-state index in [0.717, 1.165) is 5.56 Å². The van der Waals surface area contributed by atoms with Gasteiger partial charge in [0.1, 0.15) is 30.6 Å². The van der Waals surface area contributed by atoms with E-state index in [1.807, 2.05) is 32.0 Å². The van der Waals surface area contributed by atoms with Gasteiger partial charge in [-0.1, -0.05) is 98.6 Å². The third-order valence-corrected chi connectivity index (χ3v) is 9.56. The van der Waals surface area contributed by atoms with Crippen molar-refractivity contribution in [3.8, 4) is 0 Å². The molecule has 45 heavy (non-hydrogen) atoms. The number of hydrogen-bond donors (Lipinski definition) is 5. The van der Waals surface area contributed by atoms with Crippen LogP contribution in [-0.4, -0.2) is 58.6 Å². The van der Waals surface area contributed by atoms with E-state index in [9.17, 15) is 33.4 Å². The summed E-state index contributed by atoms with van der Waals surface area (Å²) in [6.07, 6.45) is -0.430. The van der Waals surface area contributed by atoms with E-state index in [0.29, 0.717) is 12.8 Å². The number of alkyl carbamates (subject to hydrolysis) is 1. The zero-order valence-corrected chi connectivity index (χ0v) is 28.8. The molecule has 0 saturated carbocycles. The molecule has 13 heteroatoms. The van der Waals surface area contributed by atoms with Gasteiger partial charge in [0.25, 0.3) is 0 Å². The number of carbonyl (C=O) groups is 5. The van der Waals surface area contributed by atoms with E-state index in [1.165, 1.54) is 0 Å². The number of imide groups is 1. The Bertz CT molecular complexity index is 1180. The number of carbonyl (C=O) groups excluding carboxylic acids is 5. The van der Waals surface area contributed by atoms with Crippen molar-refractivity contribution in [1.29, 1.82) is 0 Å². The fourth-order valence-electron chi connectivity index (χ4n) is 4.50. The van der Waals surface area contributed by atoms with Crippen molar-refractivity contribution in [1.82, 2.24) is 21.3 Å². The van der Waals surface area contributed by atoms with Gasteiger partial charge in [0.15, 0.2) is 0 Å². The largest absolute Gasteiger partial charge is 0.445 e. The molecule has 0 aliphatic carbocycles. The minimum Gasteiger partial charge on any atom is -0.445 e. The molecule has 0 aliphatic heterocycles. The first kappa shape index (κ1) is 39.8. The Hall–Kier alpha value is -3.24. The first-order valence-electron chi connectivity index (χ1n) is 15.7. The van der Waals surface area contributed by atoms with Crippen molar-refractivity contribution >= 4 is 37.1 Å². The van der Waals surface area contributed by atoms with Crippen LogP contribution in [0.4, 0.5) is 4.79 Å². The van der Waals surface area contributed by atoms with Crippen molar-refractivity contribution < 1.29 is 38.2 Å². The lowest BCUT2D eigenvalue weighted by atomic mass is 9.95. The summed E-state index contributed by atoms with van der Waals surface area (Å²) in [6, 6.07) is 6.96. The maximum atomic E-state index is 13.6. The van der Waals surface area contributed by atoms with Crippen LogP contribution in [0.15, 0.2) is 30.3 Å². The van der Waals surface area contributed by atoms with Crippen LogP contribution in [0.1, 0.15) is 86.6 Å². The lowest BCUT2D eigenvalue weighted by Crippen LogP contribution is -2.58. The van der Waals surface area contributed by atoms with Gasteiger partial charge in [0.2, 0.25) is 31.0 Å². The fourth-order valence-corrected chi connectivity index (χ4v) is 6.29. The molecular formula is C32H53N4O8P. The molecule has 1 aromatic rings. The predicted molar refractivity (Wildman–Crippen MR) is 173 cm³/mol. The number of benzene rings is 1. The van der Waals surface area contributed by atoms with E-state index in [2.05, 4.69) is 21.3 Å². The summed E-state index contributed by atoms with van der Waals surface area (Å²) in [7, 11) is -4.34. The van der Waals surface area contributed by atoms with Crippen LogP contribution in [0.25, 0.3) is 0 Å². The van der Waals surface area contributed by atoms with Crippen molar-refractivity contribution in [2.45, 2.75) is 106 Å². The lowest BCUT2D eigenvalue weighted by molar-refractivity contribution is -0.132. The Labute approximate surface area is 267 Å². The molecule has 254 valence electrons. The van der Waals surface area contributed by atoms with Crippen LogP contribution in [0.5, 0.6) is 0 Å². The molecule has 5 N–H and O–H groups in total. The normalized spacial score (nSPS) is 16.0. The molecule has 6 atom stereocenters. The molecule has 2 unspecified atom stereocenters. The smallest absolute Gasteiger partial charge is 0.408 e. The molecule has 0 saturated heterocycles. The van der Waals surface area contributed by atoms with Crippen molar-refractivity contribution in [3.05, 3.63) is 35.9 Å². The molecule has 5 amide bonds. The van der Waals surface area contributed by atoms with Crippen LogP contribution in [-0.2, 0) is 35.1 Å². The second-order valence-corrected chi connectivity index (χ2v) is 15.0. The summed E-state index contributed by atoms with van der Waals surface area (Å²) in [4.78, 5) is 75.2. The predicted octanol–water partition coefficient (Wildman–Crippen LogP) is 4.31. The molecule has 0 radical (unpaired) electrons.